The Bertz CT molecular complexity index is 714. The lowest BCUT2D eigenvalue weighted by atomic mass is 10.1. The highest BCUT2D eigenvalue weighted by Gasteiger charge is 2.07. The molecule has 3 rings (SSSR count). The van der Waals surface area contributed by atoms with Crippen LogP contribution in [0.25, 0.3) is 10.9 Å². The van der Waals surface area contributed by atoms with Crippen LogP contribution in [0.2, 0.25) is 0 Å². The summed E-state index contributed by atoms with van der Waals surface area (Å²) in [6, 6.07) is 8.64. The number of aromatic nitrogens is 3. The SMILES string of the molecule is CCNCc1ccc2ccn(Cc3noc(C)n3)c2c1. The van der Waals surface area contributed by atoms with Crippen molar-refractivity contribution in [1.29, 1.82) is 0 Å². The van der Waals surface area contributed by atoms with Crippen LogP contribution in [-0.4, -0.2) is 21.3 Å². The van der Waals surface area contributed by atoms with E-state index in [9.17, 15) is 0 Å². The third-order valence-corrected chi connectivity index (χ3v) is 3.30. The maximum Gasteiger partial charge on any atom is 0.223 e. The Balaban J connectivity index is 1.90. The molecule has 1 aromatic carbocycles. The van der Waals surface area contributed by atoms with Crippen molar-refractivity contribution in [3.63, 3.8) is 0 Å². The molecule has 2 heterocycles. The summed E-state index contributed by atoms with van der Waals surface area (Å²) < 4.78 is 7.17. The fourth-order valence-electron chi connectivity index (χ4n) is 2.30. The van der Waals surface area contributed by atoms with Gasteiger partial charge in [0.05, 0.1) is 6.54 Å². The molecule has 5 heteroatoms. The Kier molecular flexibility index (Phi) is 3.52. The van der Waals surface area contributed by atoms with Crippen LogP contribution in [0.4, 0.5) is 0 Å². The summed E-state index contributed by atoms with van der Waals surface area (Å²) in [5.41, 5.74) is 2.48. The number of hydrogen-bond acceptors (Lipinski definition) is 4. The fourth-order valence-corrected chi connectivity index (χ4v) is 2.30. The van der Waals surface area contributed by atoms with Gasteiger partial charge in [0.15, 0.2) is 5.82 Å². The van der Waals surface area contributed by atoms with E-state index in [1.165, 1.54) is 16.5 Å². The topological polar surface area (TPSA) is 55.9 Å². The molecule has 3 aromatic rings. The molecule has 1 N–H and O–H groups in total. The van der Waals surface area contributed by atoms with Crippen molar-refractivity contribution < 1.29 is 4.52 Å². The van der Waals surface area contributed by atoms with E-state index in [-0.39, 0.29) is 0 Å². The Morgan fingerprint density at radius 1 is 1.30 bits per heavy atom. The molecule has 0 fully saturated rings. The van der Waals surface area contributed by atoms with Gasteiger partial charge in [-0.15, -0.1) is 0 Å². The van der Waals surface area contributed by atoms with Gasteiger partial charge in [-0.2, -0.15) is 4.98 Å². The van der Waals surface area contributed by atoms with Crippen LogP contribution in [0.5, 0.6) is 0 Å². The van der Waals surface area contributed by atoms with Gasteiger partial charge in [-0.05, 0) is 29.6 Å². The number of rotatable bonds is 5. The Hall–Kier alpha value is -2.14. The summed E-state index contributed by atoms with van der Waals surface area (Å²) in [4.78, 5) is 4.25. The van der Waals surface area contributed by atoms with Gasteiger partial charge in [0.25, 0.3) is 0 Å². The van der Waals surface area contributed by atoms with Crippen molar-refractivity contribution in [2.45, 2.75) is 26.9 Å². The number of hydrogen-bond donors (Lipinski definition) is 1. The molecule has 0 unspecified atom stereocenters. The van der Waals surface area contributed by atoms with Crippen LogP contribution in [0, 0.1) is 6.92 Å². The minimum Gasteiger partial charge on any atom is -0.340 e. The summed E-state index contributed by atoms with van der Waals surface area (Å²) in [7, 11) is 0. The first-order valence-electron chi connectivity index (χ1n) is 6.84. The monoisotopic (exact) mass is 270 g/mol. The van der Waals surface area contributed by atoms with Crippen LogP contribution in [0.3, 0.4) is 0 Å². The van der Waals surface area contributed by atoms with E-state index >= 15 is 0 Å². The zero-order valence-corrected chi connectivity index (χ0v) is 11.8. The number of aryl methyl sites for hydroxylation is 1. The van der Waals surface area contributed by atoms with E-state index in [0.717, 1.165) is 13.1 Å². The first-order chi connectivity index (χ1) is 9.76. The lowest BCUT2D eigenvalue weighted by molar-refractivity contribution is 0.386. The highest BCUT2D eigenvalue weighted by atomic mass is 16.5. The second-order valence-corrected chi connectivity index (χ2v) is 4.85. The van der Waals surface area contributed by atoms with E-state index in [4.69, 9.17) is 4.52 Å². The summed E-state index contributed by atoms with van der Waals surface area (Å²) in [5.74, 6) is 1.31. The molecule has 104 valence electrons. The summed E-state index contributed by atoms with van der Waals surface area (Å²) in [6.07, 6.45) is 2.06. The van der Waals surface area contributed by atoms with Gasteiger partial charge in [-0.1, -0.05) is 24.2 Å². The van der Waals surface area contributed by atoms with E-state index < -0.39 is 0 Å². The first-order valence-corrected chi connectivity index (χ1v) is 6.84. The Labute approximate surface area is 117 Å². The second kappa shape index (κ2) is 5.46. The number of benzene rings is 1. The highest BCUT2D eigenvalue weighted by molar-refractivity contribution is 5.80. The van der Waals surface area contributed by atoms with Crippen LogP contribution in [0.1, 0.15) is 24.2 Å². The van der Waals surface area contributed by atoms with Crippen molar-refractivity contribution in [3.05, 3.63) is 47.7 Å². The zero-order valence-electron chi connectivity index (χ0n) is 11.8. The molecule has 5 nitrogen and oxygen atoms in total. The van der Waals surface area contributed by atoms with Gasteiger partial charge < -0.3 is 14.4 Å². The minimum absolute atomic E-state index is 0.601. The first kappa shape index (κ1) is 12.9. The van der Waals surface area contributed by atoms with E-state index in [1.807, 2.05) is 0 Å². The molecule has 20 heavy (non-hydrogen) atoms. The minimum atomic E-state index is 0.601. The molecule has 0 spiro atoms. The maximum atomic E-state index is 5.02. The Morgan fingerprint density at radius 2 is 2.20 bits per heavy atom. The lowest BCUT2D eigenvalue weighted by Crippen LogP contribution is -2.11. The smallest absolute Gasteiger partial charge is 0.223 e. The number of nitrogens with one attached hydrogen (secondary N) is 1. The molecule has 0 aliphatic carbocycles. The largest absolute Gasteiger partial charge is 0.340 e. The molecule has 0 amide bonds. The normalized spacial score (nSPS) is 11.3. The second-order valence-electron chi connectivity index (χ2n) is 4.85. The quantitative estimate of drug-likeness (QED) is 0.774. The number of fused-ring (bicyclic) bond motifs is 1. The van der Waals surface area contributed by atoms with E-state index in [1.54, 1.807) is 6.92 Å². The predicted molar refractivity (Wildman–Crippen MR) is 77.5 cm³/mol. The molecule has 0 radical (unpaired) electrons. The van der Waals surface area contributed by atoms with Gasteiger partial charge in [0.1, 0.15) is 0 Å². The third kappa shape index (κ3) is 2.58. The summed E-state index contributed by atoms with van der Waals surface area (Å²) in [5, 5.41) is 8.52. The predicted octanol–water partition coefficient (Wildman–Crippen LogP) is 2.49. The van der Waals surface area contributed by atoms with E-state index in [2.05, 4.69) is 57.4 Å². The zero-order chi connectivity index (χ0) is 13.9. The molecule has 0 saturated heterocycles. The fraction of sp³-hybridized carbons (Fsp3) is 0.333. The maximum absolute atomic E-state index is 5.02. The van der Waals surface area contributed by atoms with Gasteiger partial charge in [-0.3, -0.25) is 0 Å². The number of nitrogens with zero attached hydrogens (tertiary/aromatic N) is 3. The van der Waals surface area contributed by atoms with Crippen LogP contribution < -0.4 is 5.32 Å². The molecule has 0 saturated carbocycles. The van der Waals surface area contributed by atoms with Gasteiger partial charge >= 0.3 is 0 Å². The standard InChI is InChI=1S/C15H18N4O/c1-3-16-9-12-4-5-13-6-7-19(14(13)8-12)10-15-17-11(2)20-18-15/h4-8,16H,3,9-10H2,1-2H3. The van der Waals surface area contributed by atoms with Gasteiger partial charge in [-0.25, -0.2) is 0 Å². The lowest BCUT2D eigenvalue weighted by Gasteiger charge is -2.05. The summed E-state index contributed by atoms with van der Waals surface area (Å²) in [6.45, 7) is 6.41. The molecule has 0 aliphatic heterocycles. The average molecular weight is 270 g/mol. The van der Waals surface area contributed by atoms with Crippen molar-refractivity contribution in [3.8, 4) is 0 Å². The van der Waals surface area contributed by atoms with Crippen molar-refractivity contribution in [2.24, 2.45) is 0 Å². The molecule has 0 bridgehead atoms. The molecule has 0 aliphatic rings. The van der Waals surface area contributed by atoms with Crippen LogP contribution in [0.15, 0.2) is 35.0 Å². The third-order valence-electron chi connectivity index (χ3n) is 3.30. The van der Waals surface area contributed by atoms with Gasteiger partial charge in [0.2, 0.25) is 5.89 Å². The van der Waals surface area contributed by atoms with Crippen molar-refractivity contribution in [2.75, 3.05) is 6.54 Å². The Morgan fingerprint density at radius 3 is 2.95 bits per heavy atom. The highest BCUT2D eigenvalue weighted by Crippen LogP contribution is 2.18. The average Bonchev–Trinajstić information content (AvgIpc) is 3.04. The van der Waals surface area contributed by atoms with Gasteiger partial charge in [0, 0.05) is 25.2 Å². The molecule has 0 atom stereocenters. The molecular weight excluding hydrogens is 252 g/mol. The van der Waals surface area contributed by atoms with Crippen molar-refractivity contribution in [1.82, 2.24) is 20.0 Å². The summed E-state index contributed by atoms with van der Waals surface area (Å²) >= 11 is 0. The van der Waals surface area contributed by atoms with Crippen LogP contribution >= 0.6 is 0 Å². The molecule has 2 aromatic heterocycles. The van der Waals surface area contributed by atoms with Crippen LogP contribution in [-0.2, 0) is 13.1 Å². The molecular formula is C15H18N4O. The van der Waals surface area contributed by atoms with Crippen molar-refractivity contribution >= 4 is 10.9 Å². The van der Waals surface area contributed by atoms with E-state index in [0.29, 0.717) is 18.3 Å².